The maximum Gasteiger partial charge on any atom is 0.186 e. The van der Waals surface area contributed by atoms with Crippen LogP contribution in [0.25, 0.3) is 0 Å². The van der Waals surface area contributed by atoms with Crippen molar-refractivity contribution in [1.29, 1.82) is 0 Å². The molecule has 17 heavy (non-hydrogen) atoms. The normalized spacial score (nSPS) is 20.2. The summed E-state index contributed by atoms with van der Waals surface area (Å²) in [6.07, 6.45) is 1.83. The lowest BCUT2D eigenvalue weighted by Crippen LogP contribution is -2.41. The van der Waals surface area contributed by atoms with Crippen LogP contribution in [0.15, 0.2) is 23.1 Å². The number of hydrogen-bond donors (Lipinski definition) is 1. The number of fused-ring (bicyclic) bond motifs is 1. The fourth-order valence-corrected chi connectivity index (χ4v) is 4.05. The standard InChI is InChI=1S/C12H15NO3S/c14-17(15,9-7-16-8-9)12-5-1-4-11-10(12)3-2-6-13-11/h1,4-5,9,13H,2-3,6-8H2. The van der Waals surface area contributed by atoms with Crippen molar-refractivity contribution >= 4 is 15.5 Å². The molecule has 0 radical (unpaired) electrons. The van der Waals surface area contributed by atoms with Crippen LogP contribution >= 0.6 is 0 Å². The van der Waals surface area contributed by atoms with E-state index < -0.39 is 9.84 Å². The highest BCUT2D eigenvalue weighted by Gasteiger charge is 2.35. The Bertz CT molecular complexity index is 535. The molecule has 0 amide bonds. The molecule has 0 aliphatic carbocycles. The molecule has 0 saturated carbocycles. The van der Waals surface area contributed by atoms with Gasteiger partial charge in [-0.3, -0.25) is 0 Å². The van der Waals surface area contributed by atoms with Crippen molar-refractivity contribution in [2.45, 2.75) is 23.0 Å². The molecule has 0 spiro atoms. The van der Waals surface area contributed by atoms with Gasteiger partial charge in [0.05, 0.1) is 18.1 Å². The number of benzene rings is 1. The van der Waals surface area contributed by atoms with Crippen LogP contribution in [0.1, 0.15) is 12.0 Å². The largest absolute Gasteiger partial charge is 0.385 e. The third-order valence-electron chi connectivity index (χ3n) is 3.40. The predicted octanol–water partition coefficient (Wildman–Crippen LogP) is 1.22. The quantitative estimate of drug-likeness (QED) is 0.861. The maximum absolute atomic E-state index is 12.4. The van der Waals surface area contributed by atoms with E-state index in [4.69, 9.17) is 4.74 Å². The molecule has 3 rings (SSSR count). The highest BCUT2D eigenvalue weighted by atomic mass is 32.2. The molecule has 92 valence electrons. The zero-order valence-electron chi connectivity index (χ0n) is 9.48. The summed E-state index contributed by atoms with van der Waals surface area (Å²) in [4.78, 5) is 0.496. The van der Waals surface area contributed by atoms with E-state index in [0.717, 1.165) is 30.6 Å². The Morgan fingerprint density at radius 2 is 2.12 bits per heavy atom. The van der Waals surface area contributed by atoms with E-state index in [0.29, 0.717) is 18.1 Å². The molecule has 2 aliphatic heterocycles. The first-order chi connectivity index (χ1) is 8.19. The number of anilines is 1. The summed E-state index contributed by atoms with van der Waals surface area (Å²) >= 11 is 0. The average Bonchev–Trinajstić information content (AvgIpc) is 2.25. The lowest BCUT2D eigenvalue weighted by molar-refractivity contribution is 0.0416. The first kappa shape index (κ1) is 11.0. The second-order valence-electron chi connectivity index (χ2n) is 4.52. The molecule has 1 fully saturated rings. The molecule has 4 nitrogen and oxygen atoms in total. The highest BCUT2D eigenvalue weighted by Crippen LogP contribution is 2.31. The monoisotopic (exact) mass is 253 g/mol. The minimum absolute atomic E-state index is 0.333. The van der Waals surface area contributed by atoms with E-state index in [2.05, 4.69) is 5.32 Å². The minimum atomic E-state index is -3.21. The van der Waals surface area contributed by atoms with Gasteiger partial charge in [0, 0.05) is 12.2 Å². The van der Waals surface area contributed by atoms with Gasteiger partial charge in [0.25, 0.3) is 0 Å². The predicted molar refractivity (Wildman–Crippen MR) is 65.0 cm³/mol. The molecule has 0 atom stereocenters. The van der Waals surface area contributed by atoms with E-state index in [1.54, 1.807) is 6.07 Å². The van der Waals surface area contributed by atoms with Crippen LogP contribution in [-0.4, -0.2) is 33.4 Å². The summed E-state index contributed by atoms with van der Waals surface area (Å²) in [5.74, 6) is 0. The van der Waals surface area contributed by atoms with Gasteiger partial charge in [0.15, 0.2) is 9.84 Å². The molecular weight excluding hydrogens is 238 g/mol. The molecule has 2 aliphatic rings. The minimum Gasteiger partial charge on any atom is -0.385 e. The molecule has 5 heteroatoms. The average molecular weight is 253 g/mol. The first-order valence-corrected chi connectivity index (χ1v) is 7.41. The van der Waals surface area contributed by atoms with Crippen LogP contribution < -0.4 is 5.32 Å². The summed E-state index contributed by atoms with van der Waals surface area (Å²) in [5.41, 5.74) is 1.92. The maximum atomic E-state index is 12.4. The van der Waals surface area contributed by atoms with E-state index in [1.807, 2.05) is 12.1 Å². The van der Waals surface area contributed by atoms with Crippen molar-refractivity contribution < 1.29 is 13.2 Å². The van der Waals surface area contributed by atoms with Crippen LogP contribution in [0.3, 0.4) is 0 Å². The van der Waals surface area contributed by atoms with Gasteiger partial charge in [-0.15, -0.1) is 0 Å². The smallest absolute Gasteiger partial charge is 0.186 e. The summed E-state index contributed by atoms with van der Waals surface area (Å²) in [6.45, 7) is 1.59. The summed E-state index contributed by atoms with van der Waals surface area (Å²) in [7, 11) is -3.21. The van der Waals surface area contributed by atoms with E-state index in [1.165, 1.54) is 0 Å². The SMILES string of the molecule is O=S(=O)(c1cccc2c1CCCN2)C1COC1. The van der Waals surface area contributed by atoms with Crippen LogP contribution in [0.5, 0.6) is 0 Å². The lowest BCUT2D eigenvalue weighted by atomic mass is 10.0. The van der Waals surface area contributed by atoms with Gasteiger partial charge in [-0.2, -0.15) is 0 Å². The van der Waals surface area contributed by atoms with Gasteiger partial charge in [0.2, 0.25) is 0 Å². The van der Waals surface area contributed by atoms with Crippen molar-refractivity contribution in [3.8, 4) is 0 Å². The lowest BCUT2D eigenvalue weighted by Gasteiger charge is -2.28. The van der Waals surface area contributed by atoms with Crippen LogP contribution in [0, 0.1) is 0 Å². The van der Waals surface area contributed by atoms with Crippen molar-refractivity contribution in [2.24, 2.45) is 0 Å². The second-order valence-corrected chi connectivity index (χ2v) is 6.71. The number of sulfone groups is 1. The third kappa shape index (κ3) is 1.73. The van der Waals surface area contributed by atoms with Crippen LogP contribution in [0.4, 0.5) is 5.69 Å². The molecule has 1 N–H and O–H groups in total. The topological polar surface area (TPSA) is 55.4 Å². The zero-order chi connectivity index (χ0) is 11.9. The molecular formula is C12H15NO3S. The van der Waals surface area contributed by atoms with Gasteiger partial charge in [0.1, 0.15) is 5.25 Å². The van der Waals surface area contributed by atoms with E-state index in [9.17, 15) is 8.42 Å². The molecule has 2 heterocycles. The molecule has 0 unspecified atom stereocenters. The zero-order valence-corrected chi connectivity index (χ0v) is 10.3. The van der Waals surface area contributed by atoms with Crippen molar-refractivity contribution in [2.75, 3.05) is 25.1 Å². The van der Waals surface area contributed by atoms with E-state index in [-0.39, 0.29) is 5.25 Å². The second kappa shape index (κ2) is 3.99. The van der Waals surface area contributed by atoms with Crippen LogP contribution in [0.2, 0.25) is 0 Å². The van der Waals surface area contributed by atoms with Gasteiger partial charge >= 0.3 is 0 Å². The number of rotatable bonds is 2. The third-order valence-corrected chi connectivity index (χ3v) is 5.55. The molecule has 1 aromatic rings. The first-order valence-electron chi connectivity index (χ1n) is 5.87. The highest BCUT2D eigenvalue weighted by molar-refractivity contribution is 7.92. The van der Waals surface area contributed by atoms with Crippen molar-refractivity contribution in [1.82, 2.24) is 0 Å². The molecule has 1 saturated heterocycles. The fourth-order valence-electron chi connectivity index (χ4n) is 2.32. The van der Waals surface area contributed by atoms with Gasteiger partial charge < -0.3 is 10.1 Å². The Balaban J connectivity index is 2.08. The molecule has 0 aromatic heterocycles. The number of nitrogens with one attached hydrogen (secondary N) is 1. The van der Waals surface area contributed by atoms with Gasteiger partial charge in [-0.25, -0.2) is 8.42 Å². The van der Waals surface area contributed by atoms with Crippen molar-refractivity contribution in [3.63, 3.8) is 0 Å². The Labute approximate surface area is 101 Å². The van der Waals surface area contributed by atoms with E-state index >= 15 is 0 Å². The number of ether oxygens (including phenoxy) is 1. The number of hydrogen-bond acceptors (Lipinski definition) is 4. The van der Waals surface area contributed by atoms with Crippen LogP contribution in [-0.2, 0) is 21.0 Å². The molecule has 0 bridgehead atoms. The van der Waals surface area contributed by atoms with Gasteiger partial charge in [-0.05, 0) is 30.5 Å². The Kier molecular flexibility index (Phi) is 2.60. The summed E-state index contributed by atoms with van der Waals surface area (Å²) < 4.78 is 29.7. The fraction of sp³-hybridized carbons (Fsp3) is 0.500. The Hall–Kier alpha value is -1.07. The van der Waals surface area contributed by atoms with Gasteiger partial charge in [-0.1, -0.05) is 6.07 Å². The molecule has 1 aromatic carbocycles. The summed E-state index contributed by atoms with van der Waals surface area (Å²) in [5, 5.41) is 2.90. The Morgan fingerprint density at radius 1 is 1.29 bits per heavy atom. The summed E-state index contributed by atoms with van der Waals surface area (Å²) in [6, 6.07) is 5.48. The van der Waals surface area contributed by atoms with Crippen molar-refractivity contribution in [3.05, 3.63) is 23.8 Å². The Morgan fingerprint density at radius 3 is 2.82 bits per heavy atom.